The van der Waals surface area contributed by atoms with Crippen molar-refractivity contribution in [1.29, 1.82) is 0 Å². The van der Waals surface area contributed by atoms with E-state index >= 15 is 0 Å². The van der Waals surface area contributed by atoms with E-state index in [-0.39, 0.29) is 5.82 Å². The summed E-state index contributed by atoms with van der Waals surface area (Å²) >= 11 is 0. The van der Waals surface area contributed by atoms with Gasteiger partial charge in [0, 0.05) is 12.1 Å². The predicted molar refractivity (Wildman–Crippen MR) is 70.8 cm³/mol. The predicted octanol–water partition coefficient (Wildman–Crippen LogP) is 3.03. The van der Waals surface area contributed by atoms with Gasteiger partial charge in [-0.2, -0.15) is 0 Å². The smallest absolute Gasteiger partial charge is 0.129 e. The highest BCUT2D eigenvalue weighted by molar-refractivity contribution is 5.19. The summed E-state index contributed by atoms with van der Waals surface area (Å²) in [5.41, 5.74) is 0.383. The van der Waals surface area contributed by atoms with E-state index in [0.717, 1.165) is 12.5 Å². The molecule has 0 bridgehead atoms. The highest BCUT2D eigenvalue weighted by Crippen LogP contribution is 2.23. The Kier molecular flexibility index (Phi) is 5.14. The van der Waals surface area contributed by atoms with Crippen LogP contribution in [0, 0.1) is 11.7 Å². The van der Waals surface area contributed by atoms with Crippen molar-refractivity contribution in [1.82, 2.24) is 5.32 Å². The topological polar surface area (TPSA) is 32.3 Å². The molecule has 0 amide bonds. The fourth-order valence-corrected chi connectivity index (χ4v) is 2.67. The number of aliphatic hydroxyl groups is 1. The molecule has 1 aliphatic carbocycles. The van der Waals surface area contributed by atoms with E-state index in [9.17, 15) is 9.50 Å². The molecule has 1 aromatic rings. The summed E-state index contributed by atoms with van der Waals surface area (Å²) in [4.78, 5) is 0. The first-order valence-electron chi connectivity index (χ1n) is 6.90. The van der Waals surface area contributed by atoms with Crippen LogP contribution in [-0.2, 0) is 0 Å². The minimum Gasteiger partial charge on any atom is -0.387 e. The lowest BCUT2D eigenvalue weighted by Gasteiger charge is -2.22. The third-order valence-electron chi connectivity index (χ3n) is 3.76. The molecule has 1 unspecified atom stereocenters. The van der Waals surface area contributed by atoms with Crippen LogP contribution >= 0.6 is 0 Å². The summed E-state index contributed by atoms with van der Waals surface area (Å²) in [7, 11) is 0. The van der Waals surface area contributed by atoms with Crippen LogP contribution in [0.15, 0.2) is 24.3 Å². The molecule has 0 heterocycles. The summed E-state index contributed by atoms with van der Waals surface area (Å²) in [6, 6.07) is 6.42. The number of benzene rings is 1. The van der Waals surface area contributed by atoms with Gasteiger partial charge >= 0.3 is 0 Å². The molecule has 3 heteroatoms. The fourth-order valence-electron chi connectivity index (χ4n) is 2.67. The average molecular weight is 251 g/mol. The first kappa shape index (κ1) is 13.5. The Bertz CT molecular complexity index is 363. The van der Waals surface area contributed by atoms with Crippen LogP contribution in [-0.4, -0.2) is 18.2 Å². The van der Waals surface area contributed by atoms with E-state index < -0.39 is 6.10 Å². The molecule has 2 rings (SSSR count). The highest BCUT2D eigenvalue weighted by Gasteiger charge is 2.15. The van der Waals surface area contributed by atoms with Crippen molar-refractivity contribution in [3.63, 3.8) is 0 Å². The monoisotopic (exact) mass is 251 g/mol. The third kappa shape index (κ3) is 3.79. The Morgan fingerprint density at radius 3 is 2.67 bits per heavy atom. The maximum absolute atomic E-state index is 13.4. The fraction of sp³-hybridized carbons (Fsp3) is 0.600. The molecule has 100 valence electrons. The molecule has 1 aromatic carbocycles. The van der Waals surface area contributed by atoms with Crippen molar-refractivity contribution in [3.8, 4) is 0 Å². The first-order chi connectivity index (χ1) is 8.77. The van der Waals surface area contributed by atoms with Crippen molar-refractivity contribution in [2.45, 2.75) is 38.2 Å². The van der Waals surface area contributed by atoms with E-state index in [4.69, 9.17) is 0 Å². The second-order valence-electron chi connectivity index (χ2n) is 5.20. The SMILES string of the molecule is OC(CNCC1CCCCC1)c1ccccc1F. The standard InChI is InChI=1S/C15H22FNO/c16-14-9-5-4-8-13(14)15(18)11-17-10-12-6-2-1-3-7-12/h4-5,8-9,12,15,17-18H,1-3,6-7,10-11H2. The van der Waals surface area contributed by atoms with E-state index in [1.165, 1.54) is 38.2 Å². The van der Waals surface area contributed by atoms with Gasteiger partial charge in [0.15, 0.2) is 0 Å². The number of hydrogen-bond donors (Lipinski definition) is 2. The van der Waals surface area contributed by atoms with Crippen molar-refractivity contribution in [2.24, 2.45) is 5.92 Å². The maximum Gasteiger partial charge on any atom is 0.129 e. The van der Waals surface area contributed by atoms with Gasteiger partial charge < -0.3 is 10.4 Å². The van der Waals surface area contributed by atoms with Crippen molar-refractivity contribution in [3.05, 3.63) is 35.6 Å². The van der Waals surface area contributed by atoms with Crippen molar-refractivity contribution >= 4 is 0 Å². The summed E-state index contributed by atoms with van der Waals surface area (Å²) in [5.74, 6) is 0.399. The van der Waals surface area contributed by atoms with Gasteiger partial charge in [-0.15, -0.1) is 0 Å². The van der Waals surface area contributed by atoms with E-state index in [0.29, 0.717) is 12.1 Å². The van der Waals surface area contributed by atoms with Gasteiger partial charge in [-0.1, -0.05) is 37.5 Å². The number of nitrogens with one attached hydrogen (secondary N) is 1. The van der Waals surface area contributed by atoms with E-state index in [2.05, 4.69) is 5.32 Å². The lowest BCUT2D eigenvalue weighted by Crippen LogP contribution is -2.28. The number of halogens is 1. The number of rotatable bonds is 5. The molecule has 1 atom stereocenters. The van der Waals surface area contributed by atoms with Gasteiger partial charge in [-0.25, -0.2) is 4.39 Å². The van der Waals surface area contributed by atoms with Crippen LogP contribution < -0.4 is 5.32 Å². The Balaban J connectivity index is 1.74. The molecule has 0 aliphatic heterocycles. The molecule has 0 aromatic heterocycles. The van der Waals surface area contributed by atoms with Gasteiger partial charge in [0.05, 0.1) is 6.10 Å². The summed E-state index contributed by atoms with van der Waals surface area (Å²) in [6.07, 6.45) is 5.81. The average Bonchev–Trinajstić information content (AvgIpc) is 2.40. The number of hydrogen-bond acceptors (Lipinski definition) is 2. The summed E-state index contributed by atoms with van der Waals surface area (Å²) in [5, 5.41) is 13.2. The zero-order valence-corrected chi connectivity index (χ0v) is 10.7. The van der Waals surface area contributed by atoms with Gasteiger partial charge in [0.1, 0.15) is 5.82 Å². The normalized spacial score (nSPS) is 18.8. The lowest BCUT2D eigenvalue weighted by atomic mass is 9.89. The molecule has 1 aliphatic rings. The number of aliphatic hydroxyl groups excluding tert-OH is 1. The summed E-state index contributed by atoms with van der Waals surface area (Å²) in [6.45, 7) is 1.36. The Morgan fingerprint density at radius 1 is 1.22 bits per heavy atom. The van der Waals surface area contributed by atoms with Gasteiger partial charge in [-0.05, 0) is 31.4 Å². The quantitative estimate of drug-likeness (QED) is 0.843. The van der Waals surface area contributed by atoms with E-state index in [1.54, 1.807) is 18.2 Å². The Morgan fingerprint density at radius 2 is 1.94 bits per heavy atom. The van der Waals surface area contributed by atoms with Crippen LogP contribution in [0.5, 0.6) is 0 Å². The highest BCUT2D eigenvalue weighted by atomic mass is 19.1. The van der Waals surface area contributed by atoms with Crippen LogP contribution in [0.1, 0.15) is 43.8 Å². The molecule has 18 heavy (non-hydrogen) atoms. The van der Waals surface area contributed by atoms with Gasteiger partial charge in [0.2, 0.25) is 0 Å². The summed E-state index contributed by atoms with van der Waals surface area (Å²) < 4.78 is 13.4. The molecular weight excluding hydrogens is 229 g/mol. The molecular formula is C15H22FNO. The molecule has 0 saturated heterocycles. The van der Waals surface area contributed by atoms with Crippen molar-refractivity contribution in [2.75, 3.05) is 13.1 Å². The van der Waals surface area contributed by atoms with Crippen LogP contribution in [0.2, 0.25) is 0 Å². The first-order valence-corrected chi connectivity index (χ1v) is 6.90. The molecule has 2 nitrogen and oxygen atoms in total. The molecule has 2 N–H and O–H groups in total. The maximum atomic E-state index is 13.4. The molecule has 0 radical (unpaired) electrons. The molecule has 1 fully saturated rings. The Hall–Kier alpha value is -0.930. The minimum atomic E-state index is -0.755. The molecule has 1 saturated carbocycles. The molecule has 0 spiro atoms. The van der Waals surface area contributed by atoms with Crippen LogP contribution in [0.4, 0.5) is 4.39 Å². The second-order valence-corrected chi connectivity index (χ2v) is 5.20. The van der Waals surface area contributed by atoms with Gasteiger partial charge in [-0.3, -0.25) is 0 Å². The van der Waals surface area contributed by atoms with Gasteiger partial charge in [0.25, 0.3) is 0 Å². The van der Waals surface area contributed by atoms with Crippen LogP contribution in [0.25, 0.3) is 0 Å². The zero-order valence-electron chi connectivity index (χ0n) is 10.7. The third-order valence-corrected chi connectivity index (χ3v) is 3.76. The zero-order chi connectivity index (χ0) is 12.8. The Labute approximate surface area is 108 Å². The minimum absolute atomic E-state index is 0.329. The lowest BCUT2D eigenvalue weighted by molar-refractivity contribution is 0.166. The second kappa shape index (κ2) is 6.86. The van der Waals surface area contributed by atoms with Crippen LogP contribution in [0.3, 0.4) is 0 Å². The van der Waals surface area contributed by atoms with Crippen molar-refractivity contribution < 1.29 is 9.50 Å². The van der Waals surface area contributed by atoms with E-state index in [1.807, 2.05) is 0 Å². The largest absolute Gasteiger partial charge is 0.387 e.